The van der Waals surface area contributed by atoms with Crippen LogP contribution in [0.4, 0.5) is 0 Å². The summed E-state index contributed by atoms with van der Waals surface area (Å²) in [7, 11) is 0. The highest BCUT2D eigenvalue weighted by molar-refractivity contribution is 6.02. The van der Waals surface area contributed by atoms with Gasteiger partial charge in [0.25, 0.3) is 11.8 Å². The Labute approximate surface area is 260 Å². The fourth-order valence-electron chi connectivity index (χ4n) is 5.31. The molecule has 0 bridgehead atoms. The van der Waals surface area contributed by atoms with Crippen molar-refractivity contribution in [2.45, 2.75) is 25.3 Å². The van der Waals surface area contributed by atoms with E-state index in [1.165, 1.54) is 12.1 Å². The Hall–Kier alpha value is -4.45. The third-order valence-electron chi connectivity index (χ3n) is 7.49. The third-order valence-corrected chi connectivity index (χ3v) is 7.49. The predicted molar refractivity (Wildman–Crippen MR) is 158 cm³/mol. The number of benzene rings is 1. The fourth-order valence-corrected chi connectivity index (χ4v) is 5.31. The zero-order valence-electron chi connectivity index (χ0n) is 25.1. The van der Waals surface area contributed by atoms with Crippen LogP contribution in [0.5, 0.6) is 0 Å². The van der Waals surface area contributed by atoms with Crippen molar-refractivity contribution in [1.82, 2.24) is 24.7 Å². The first-order valence-electron chi connectivity index (χ1n) is 14.5. The van der Waals surface area contributed by atoms with Crippen LogP contribution in [0.2, 0.25) is 0 Å². The van der Waals surface area contributed by atoms with Gasteiger partial charge >= 0.3 is 5.97 Å². The molecule has 2 fully saturated rings. The molecule has 45 heavy (non-hydrogen) atoms. The fraction of sp³-hybridized carbons (Fsp3) is 0.536. The number of nitrogens with zero attached hydrogens (tertiary/aromatic N) is 5. The second-order valence-electron chi connectivity index (χ2n) is 11.1. The molecule has 0 aliphatic carbocycles. The summed E-state index contributed by atoms with van der Waals surface area (Å²) >= 11 is 0. The summed E-state index contributed by atoms with van der Waals surface area (Å²) in [4.78, 5) is 96.2. The molecule has 1 aromatic carbocycles. The molecule has 0 spiro atoms. The smallest absolute Gasteiger partial charge is 0.363 e. The molecule has 3 rings (SSSR count). The van der Waals surface area contributed by atoms with Gasteiger partial charge in [0.05, 0.1) is 31.7 Å². The molecule has 2 aliphatic heterocycles. The number of imide groups is 1. The Morgan fingerprint density at radius 3 is 1.58 bits per heavy atom. The van der Waals surface area contributed by atoms with Crippen LogP contribution in [0.1, 0.15) is 28.8 Å². The van der Waals surface area contributed by atoms with E-state index in [9.17, 15) is 33.6 Å². The largest absolute Gasteiger partial charge is 0.369 e. The SMILES string of the molecule is NC(=O)CN1CCN(CC(N)=O)CCN(CC(N)=O)C(Cc2ccc(C(=O)ON3C(=O)CCC3=O)cc2)CN(CC(N)=O)CC1. The minimum absolute atomic E-state index is 0.0233. The average Bonchev–Trinajstić information content (AvgIpc) is 3.26. The molecule has 1 aromatic rings. The molecule has 0 radical (unpaired) electrons. The van der Waals surface area contributed by atoms with Crippen LogP contribution >= 0.6 is 0 Å². The molecule has 8 N–H and O–H groups in total. The van der Waals surface area contributed by atoms with Crippen LogP contribution in [0.3, 0.4) is 0 Å². The number of amides is 6. The summed E-state index contributed by atoms with van der Waals surface area (Å²) in [5.74, 6) is -4.24. The Kier molecular flexibility index (Phi) is 12.9. The summed E-state index contributed by atoms with van der Waals surface area (Å²) in [6.45, 7) is 2.14. The van der Waals surface area contributed by atoms with Crippen molar-refractivity contribution in [2.75, 3.05) is 72.0 Å². The van der Waals surface area contributed by atoms with Gasteiger partial charge in [0.15, 0.2) is 0 Å². The summed E-state index contributed by atoms with van der Waals surface area (Å²) < 4.78 is 0. The van der Waals surface area contributed by atoms with E-state index >= 15 is 0 Å². The molecule has 2 heterocycles. The van der Waals surface area contributed by atoms with Gasteiger partial charge in [-0.15, -0.1) is 5.06 Å². The van der Waals surface area contributed by atoms with Gasteiger partial charge in [-0.25, -0.2) is 4.79 Å². The van der Waals surface area contributed by atoms with Gasteiger partial charge in [-0.2, -0.15) is 0 Å². The van der Waals surface area contributed by atoms with Crippen LogP contribution in [-0.2, 0) is 40.0 Å². The van der Waals surface area contributed by atoms with E-state index in [0.717, 1.165) is 5.56 Å². The van der Waals surface area contributed by atoms with Crippen molar-refractivity contribution in [3.63, 3.8) is 0 Å². The lowest BCUT2D eigenvalue weighted by Crippen LogP contribution is -2.54. The van der Waals surface area contributed by atoms with Crippen molar-refractivity contribution in [1.29, 1.82) is 0 Å². The van der Waals surface area contributed by atoms with Crippen LogP contribution in [-0.4, -0.2) is 144 Å². The zero-order valence-corrected chi connectivity index (χ0v) is 25.1. The average molecular weight is 632 g/mol. The van der Waals surface area contributed by atoms with E-state index in [1.54, 1.807) is 12.1 Å². The number of carbonyl (C=O) groups is 7. The first-order chi connectivity index (χ1) is 21.3. The van der Waals surface area contributed by atoms with E-state index < -0.39 is 47.5 Å². The van der Waals surface area contributed by atoms with Crippen LogP contribution in [0.25, 0.3) is 0 Å². The molecule has 6 amide bonds. The lowest BCUT2D eigenvalue weighted by atomic mass is 10.0. The van der Waals surface area contributed by atoms with Crippen LogP contribution < -0.4 is 22.9 Å². The Morgan fingerprint density at radius 2 is 1.09 bits per heavy atom. The summed E-state index contributed by atoms with van der Waals surface area (Å²) in [6, 6.07) is 5.95. The maximum absolute atomic E-state index is 12.6. The van der Waals surface area contributed by atoms with Gasteiger partial charge in [-0.05, 0) is 24.1 Å². The number of nitrogens with two attached hydrogens (primary N) is 4. The molecule has 17 heteroatoms. The molecule has 2 aliphatic rings. The maximum atomic E-state index is 12.6. The van der Waals surface area contributed by atoms with E-state index in [2.05, 4.69) is 0 Å². The third kappa shape index (κ3) is 11.5. The normalized spacial score (nSPS) is 19.9. The van der Waals surface area contributed by atoms with E-state index in [-0.39, 0.29) is 51.1 Å². The molecule has 246 valence electrons. The van der Waals surface area contributed by atoms with E-state index in [4.69, 9.17) is 27.8 Å². The lowest BCUT2D eigenvalue weighted by Gasteiger charge is -2.38. The van der Waals surface area contributed by atoms with Gasteiger partial charge in [0.2, 0.25) is 23.6 Å². The van der Waals surface area contributed by atoms with Gasteiger partial charge in [-0.3, -0.25) is 48.4 Å². The number of hydroxylamine groups is 2. The molecule has 1 atom stereocenters. The summed E-state index contributed by atoms with van der Waals surface area (Å²) in [5.41, 5.74) is 23.0. The number of hydrogen-bond donors (Lipinski definition) is 4. The highest BCUT2D eigenvalue weighted by atomic mass is 16.7. The molecule has 1 unspecified atom stereocenters. The van der Waals surface area contributed by atoms with E-state index in [1.807, 2.05) is 19.6 Å². The number of hydrogen-bond acceptors (Lipinski definition) is 12. The first-order valence-corrected chi connectivity index (χ1v) is 14.5. The van der Waals surface area contributed by atoms with Crippen molar-refractivity contribution >= 4 is 41.4 Å². The van der Waals surface area contributed by atoms with Crippen molar-refractivity contribution < 1.29 is 38.4 Å². The molecule has 2 saturated heterocycles. The van der Waals surface area contributed by atoms with Crippen LogP contribution in [0, 0.1) is 0 Å². The number of primary amides is 4. The highest BCUT2D eigenvalue weighted by Crippen LogP contribution is 2.17. The quantitative estimate of drug-likeness (QED) is 0.161. The monoisotopic (exact) mass is 631 g/mol. The first kappa shape index (κ1) is 35.0. The van der Waals surface area contributed by atoms with Gasteiger partial charge in [-0.1, -0.05) is 12.1 Å². The molecular formula is C28H41N9O8. The number of rotatable bonds is 12. The second-order valence-corrected chi connectivity index (χ2v) is 11.1. The zero-order chi connectivity index (χ0) is 33.1. The topological polar surface area (TPSA) is 249 Å². The lowest BCUT2D eigenvalue weighted by molar-refractivity contribution is -0.172. The van der Waals surface area contributed by atoms with E-state index in [0.29, 0.717) is 50.8 Å². The molecule has 0 saturated carbocycles. The maximum Gasteiger partial charge on any atom is 0.363 e. The minimum Gasteiger partial charge on any atom is -0.369 e. The Bertz CT molecular complexity index is 1260. The van der Waals surface area contributed by atoms with Gasteiger partial charge in [0, 0.05) is 64.7 Å². The molecular weight excluding hydrogens is 590 g/mol. The van der Waals surface area contributed by atoms with Crippen molar-refractivity contribution in [3.8, 4) is 0 Å². The minimum atomic E-state index is -0.866. The summed E-state index contributed by atoms with van der Waals surface area (Å²) in [5, 5.41) is 0.474. The van der Waals surface area contributed by atoms with Crippen molar-refractivity contribution in [3.05, 3.63) is 35.4 Å². The molecule has 17 nitrogen and oxygen atoms in total. The Morgan fingerprint density at radius 1 is 0.644 bits per heavy atom. The standard InChI is InChI=1S/C28H41N9O8/c29-22(38)15-33-7-8-34(16-23(30)39)11-12-36(18-25(32)41)21(14-35(10-9-33)17-24(31)40)13-19-1-3-20(4-2-19)28(44)45-37-26(42)5-6-27(37)43/h1-4,21H,5-18H2,(H2,29,38)(H2,30,39)(H2,31,40)(H2,32,41). The second kappa shape index (κ2) is 16.6. The van der Waals surface area contributed by atoms with Crippen LogP contribution in [0.15, 0.2) is 24.3 Å². The number of carbonyl (C=O) groups excluding carboxylic acids is 7. The summed E-state index contributed by atoms with van der Waals surface area (Å²) in [6.07, 6.45) is 0.302. The van der Waals surface area contributed by atoms with Crippen molar-refractivity contribution in [2.24, 2.45) is 22.9 Å². The predicted octanol–water partition coefficient (Wildman–Crippen LogP) is -4.02. The van der Waals surface area contributed by atoms with Gasteiger partial charge < -0.3 is 27.8 Å². The highest BCUT2D eigenvalue weighted by Gasteiger charge is 2.33. The molecule has 0 aromatic heterocycles. The van der Waals surface area contributed by atoms with Gasteiger partial charge in [0.1, 0.15) is 0 Å². The Balaban J connectivity index is 1.87.